The van der Waals surface area contributed by atoms with E-state index in [-0.39, 0.29) is 24.0 Å². The number of hydrogen-bond acceptors (Lipinski definition) is 2. The van der Waals surface area contributed by atoms with Gasteiger partial charge in [-0.25, -0.2) is 0 Å². The quantitative estimate of drug-likeness (QED) is 0.403. The van der Waals surface area contributed by atoms with Gasteiger partial charge in [-0.2, -0.15) is 0 Å². The first-order valence-corrected chi connectivity index (χ1v) is 7.29. The van der Waals surface area contributed by atoms with Crippen LogP contribution in [0, 0.1) is 5.92 Å². The molecule has 0 bridgehead atoms. The summed E-state index contributed by atoms with van der Waals surface area (Å²) in [6.45, 7) is 12.1. The summed E-state index contributed by atoms with van der Waals surface area (Å²) in [5, 5.41) is 6.82. The lowest BCUT2D eigenvalue weighted by molar-refractivity contribution is 0.281. The van der Waals surface area contributed by atoms with Crippen molar-refractivity contribution in [1.82, 2.24) is 15.5 Å². The molecule has 0 aromatic heterocycles. The lowest BCUT2D eigenvalue weighted by Crippen LogP contribution is -2.46. The van der Waals surface area contributed by atoms with Gasteiger partial charge in [0, 0.05) is 32.2 Å². The van der Waals surface area contributed by atoms with Crippen LogP contribution < -0.4 is 10.6 Å². The maximum Gasteiger partial charge on any atom is 0.191 e. The minimum Gasteiger partial charge on any atom is -0.355 e. The van der Waals surface area contributed by atoms with Crippen LogP contribution in [0.1, 0.15) is 40.5 Å². The largest absolute Gasteiger partial charge is 0.355 e. The van der Waals surface area contributed by atoms with Crippen molar-refractivity contribution in [2.24, 2.45) is 10.9 Å². The van der Waals surface area contributed by atoms with Crippen molar-refractivity contribution in [3.05, 3.63) is 0 Å². The van der Waals surface area contributed by atoms with Gasteiger partial charge in [0.25, 0.3) is 0 Å². The van der Waals surface area contributed by atoms with E-state index >= 15 is 0 Å². The Hall–Kier alpha value is -0.0400. The fourth-order valence-corrected chi connectivity index (χ4v) is 1.93. The summed E-state index contributed by atoms with van der Waals surface area (Å²) in [4.78, 5) is 6.82. The van der Waals surface area contributed by atoms with Crippen molar-refractivity contribution in [2.45, 2.75) is 52.6 Å². The fourth-order valence-electron chi connectivity index (χ4n) is 1.93. The molecule has 2 N–H and O–H groups in total. The first kappa shape index (κ1) is 19.0. The molecule has 0 spiro atoms. The van der Waals surface area contributed by atoms with Crippen molar-refractivity contribution in [2.75, 3.05) is 26.7 Å². The standard InChI is InChI=1S/C14H30N4.HI/c1-6-18(13-7-8-13)10-9-16-14(15-5)17-12(4)11(2)3;/h11-13H,6-10H2,1-5H3,(H2,15,16,17);1H. The Morgan fingerprint density at radius 3 is 2.37 bits per heavy atom. The highest BCUT2D eigenvalue weighted by Gasteiger charge is 2.27. The molecule has 0 heterocycles. The van der Waals surface area contributed by atoms with Crippen LogP contribution in [0.3, 0.4) is 0 Å². The molecule has 0 aromatic rings. The Balaban J connectivity index is 0.00000324. The molecule has 0 amide bonds. The lowest BCUT2D eigenvalue weighted by Gasteiger charge is -2.23. The van der Waals surface area contributed by atoms with Gasteiger partial charge in [-0.3, -0.25) is 9.89 Å². The second-order valence-corrected chi connectivity index (χ2v) is 5.54. The van der Waals surface area contributed by atoms with E-state index in [1.807, 2.05) is 7.05 Å². The molecule has 5 heteroatoms. The van der Waals surface area contributed by atoms with Crippen LogP contribution in [-0.2, 0) is 0 Å². The molecular formula is C14H31IN4. The van der Waals surface area contributed by atoms with Gasteiger partial charge in [0.15, 0.2) is 5.96 Å². The normalized spacial score (nSPS) is 17.3. The molecule has 1 saturated carbocycles. The predicted octanol–water partition coefficient (Wildman–Crippen LogP) is 2.30. The van der Waals surface area contributed by atoms with Crippen LogP contribution in [0.2, 0.25) is 0 Å². The zero-order chi connectivity index (χ0) is 13.5. The molecule has 1 aliphatic rings. The molecular weight excluding hydrogens is 351 g/mol. The van der Waals surface area contributed by atoms with Gasteiger partial charge >= 0.3 is 0 Å². The van der Waals surface area contributed by atoms with Gasteiger partial charge in [-0.1, -0.05) is 20.8 Å². The number of nitrogens with zero attached hydrogens (tertiary/aromatic N) is 2. The van der Waals surface area contributed by atoms with Crippen molar-refractivity contribution >= 4 is 29.9 Å². The van der Waals surface area contributed by atoms with Crippen LogP contribution in [-0.4, -0.2) is 49.6 Å². The van der Waals surface area contributed by atoms with Crippen molar-refractivity contribution in [1.29, 1.82) is 0 Å². The van der Waals surface area contributed by atoms with E-state index < -0.39 is 0 Å². The van der Waals surface area contributed by atoms with Crippen molar-refractivity contribution in [3.8, 4) is 0 Å². The summed E-state index contributed by atoms with van der Waals surface area (Å²) in [5.41, 5.74) is 0. The van der Waals surface area contributed by atoms with E-state index in [1.165, 1.54) is 12.8 Å². The topological polar surface area (TPSA) is 39.7 Å². The number of likely N-dealkylation sites (N-methyl/N-ethyl adjacent to an activating group) is 1. The van der Waals surface area contributed by atoms with Gasteiger partial charge in [-0.05, 0) is 32.2 Å². The highest BCUT2D eigenvalue weighted by molar-refractivity contribution is 14.0. The van der Waals surface area contributed by atoms with E-state index in [0.717, 1.165) is 31.6 Å². The first-order chi connectivity index (χ1) is 8.58. The number of hydrogen-bond donors (Lipinski definition) is 2. The molecule has 0 aliphatic heterocycles. The summed E-state index contributed by atoms with van der Waals surface area (Å²) < 4.78 is 0. The van der Waals surface area contributed by atoms with E-state index in [1.54, 1.807) is 0 Å². The molecule has 4 nitrogen and oxygen atoms in total. The molecule has 114 valence electrons. The van der Waals surface area contributed by atoms with Crippen LogP contribution in [0.15, 0.2) is 4.99 Å². The Bertz CT molecular complexity index is 264. The zero-order valence-corrected chi connectivity index (χ0v) is 15.4. The highest BCUT2D eigenvalue weighted by Crippen LogP contribution is 2.25. The Morgan fingerprint density at radius 1 is 1.32 bits per heavy atom. The zero-order valence-electron chi connectivity index (χ0n) is 13.1. The summed E-state index contributed by atoms with van der Waals surface area (Å²) >= 11 is 0. The van der Waals surface area contributed by atoms with Gasteiger partial charge in [-0.15, -0.1) is 24.0 Å². The van der Waals surface area contributed by atoms with Gasteiger partial charge in [0.2, 0.25) is 0 Å². The van der Waals surface area contributed by atoms with E-state index in [4.69, 9.17) is 0 Å². The Kier molecular flexibility index (Phi) is 9.78. The molecule has 0 aromatic carbocycles. The maximum atomic E-state index is 4.27. The Morgan fingerprint density at radius 2 is 1.95 bits per heavy atom. The molecule has 1 fully saturated rings. The molecule has 1 atom stereocenters. The van der Waals surface area contributed by atoms with Crippen LogP contribution in [0.25, 0.3) is 0 Å². The number of halogens is 1. The highest BCUT2D eigenvalue weighted by atomic mass is 127. The van der Waals surface area contributed by atoms with Crippen molar-refractivity contribution < 1.29 is 0 Å². The van der Waals surface area contributed by atoms with E-state index in [2.05, 4.69) is 48.2 Å². The van der Waals surface area contributed by atoms with Gasteiger partial charge in [0.05, 0.1) is 0 Å². The van der Waals surface area contributed by atoms with Gasteiger partial charge < -0.3 is 10.6 Å². The number of aliphatic imine (C=N–C) groups is 1. The third-order valence-electron chi connectivity index (χ3n) is 3.75. The second kappa shape index (κ2) is 9.80. The summed E-state index contributed by atoms with van der Waals surface area (Å²) in [5.74, 6) is 1.53. The van der Waals surface area contributed by atoms with Crippen LogP contribution in [0.4, 0.5) is 0 Å². The molecule has 1 aliphatic carbocycles. The Labute approximate surface area is 135 Å². The average molecular weight is 382 g/mol. The first-order valence-electron chi connectivity index (χ1n) is 7.29. The molecule has 1 rings (SSSR count). The van der Waals surface area contributed by atoms with Crippen LogP contribution in [0.5, 0.6) is 0 Å². The lowest BCUT2D eigenvalue weighted by atomic mass is 10.1. The maximum absolute atomic E-state index is 4.27. The minimum absolute atomic E-state index is 0. The molecule has 0 saturated heterocycles. The van der Waals surface area contributed by atoms with Crippen LogP contribution >= 0.6 is 24.0 Å². The summed E-state index contributed by atoms with van der Waals surface area (Å²) in [6.07, 6.45) is 2.76. The third kappa shape index (κ3) is 7.34. The second-order valence-electron chi connectivity index (χ2n) is 5.54. The SMILES string of the molecule is CCN(CCNC(=NC)NC(C)C(C)C)C1CC1.I. The predicted molar refractivity (Wildman–Crippen MR) is 94.5 cm³/mol. The molecule has 19 heavy (non-hydrogen) atoms. The number of nitrogens with one attached hydrogen (secondary N) is 2. The van der Waals surface area contributed by atoms with E-state index in [9.17, 15) is 0 Å². The smallest absolute Gasteiger partial charge is 0.191 e. The monoisotopic (exact) mass is 382 g/mol. The average Bonchev–Trinajstić information content (AvgIpc) is 3.16. The van der Waals surface area contributed by atoms with E-state index in [0.29, 0.717) is 12.0 Å². The van der Waals surface area contributed by atoms with Gasteiger partial charge in [0.1, 0.15) is 0 Å². The molecule has 1 unspecified atom stereocenters. The minimum atomic E-state index is 0. The number of rotatable bonds is 7. The fraction of sp³-hybridized carbons (Fsp3) is 0.929. The number of guanidine groups is 1. The third-order valence-corrected chi connectivity index (χ3v) is 3.75. The summed E-state index contributed by atoms with van der Waals surface area (Å²) in [6, 6.07) is 1.29. The molecule has 0 radical (unpaired) electrons. The van der Waals surface area contributed by atoms with Crippen molar-refractivity contribution in [3.63, 3.8) is 0 Å². The summed E-state index contributed by atoms with van der Waals surface area (Å²) in [7, 11) is 1.83.